The molecule has 0 N–H and O–H groups in total. The summed E-state index contributed by atoms with van der Waals surface area (Å²) in [6.45, 7) is 5.40. The lowest BCUT2D eigenvalue weighted by Gasteiger charge is -2.05. The Morgan fingerprint density at radius 1 is 1.80 bits per heavy atom. The van der Waals surface area contributed by atoms with Gasteiger partial charge in [-0.25, -0.2) is 0 Å². The predicted molar refractivity (Wildman–Crippen MR) is 45.1 cm³/mol. The van der Waals surface area contributed by atoms with E-state index in [9.17, 15) is 0 Å². The van der Waals surface area contributed by atoms with Gasteiger partial charge in [0.15, 0.2) is 0 Å². The van der Waals surface area contributed by atoms with Gasteiger partial charge in [-0.3, -0.25) is 4.99 Å². The van der Waals surface area contributed by atoms with Crippen molar-refractivity contribution in [2.75, 3.05) is 0 Å². The molecule has 0 aromatic rings. The first kappa shape index (κ1) is 7.00. The maximum Gasteiger partial charge on any atom is 0.0289 e. The molecule has 0 aromatic carbocycles. The molecule has 52 valence electrons. The van der Waals surface area contributed by atoms with Gasteiger partial charge in [0.2, 0.25) is 0 Å². The van der Waals surface area contributed by atoms with Gasteiger partial charge < -0.3 is 0 Å². The third-order valence-corrected chi connectivity index (χ3v) is 1.39. The van der Waals surface area contributed by atoms with Gasteiger partial charge in [0.25, 0.3) is 0 Å². The van der Waals surface area contributed by atoms with E-state index in [2.05, 4.69) is 29.9 Å². The van der Waals surface area contributed by atoms with Gasteiger partial charge in [-0.15, -0.1) is 0 Å². The van der Waals surface area contributed by atoms with Crippen LogP contribution in [0.5, 0.6) is 0 Å². The molecule has 1 aliphatic rings. The van der Waals surface area contributed by atoms with Crippen LogP contribution in [0.1, 0.15) is 13.3 Å². The Bertz CT molecular complexity index is 219. The second-order valence-corrected chi connectivity index (χ2v) is 2.38. The Labute approximate surface area is 61.5 Å². The van der Waals surface area contributed by atoms with Crippen molar-refractivity contribution in [2.45, 2.75) is 13.3 Å². The monoisotopic (exact) mass is 133 g/mol. The molecule has 0 saturated carbocycles. The fourth-order valence-corrected chi connectivity index (χ4v) is 0.835. The number of hydrogen-bond donors (Lipinski definition) is 0. The molecule has 0 heterocycles. The molecule has 0 aromatic heterocycles. The number of allylic oxidation sites excluding steroid dienone is 5. The molecule has 0 amide bonds. The minimum absolute atomic E-state index is 1.10. The van der Waals surface area contributed by atoms with E-state index in [1.807, 2.05) is 6.92 Å². The summed E-state index contributed by atoms with van der Waals surface area (Å²) in [6.07, 6.45) is 9.23. The van der Waals surface area contributed by atoms with Crippen LogP contribution in [0, 0.1) is 0 Å². The summed E-state index contributed by atoms with van der Waals surface area (Å²) in [5, 5.41) is 0. The highest BCUT2D eigenvalue weighted by Crippen LogP contribution is 2.16. The van der Waals surface area contributed by atoms with E-state index in [0.717, 1.165) is 12.0 Å². The molecule has 1 nitrogen and oxygen atoms in total. The number of rotatable bonds is 2. The Morgan fingerprint density at radius 3 is 2.90 bits per heavy atom. The highest BCUT2D eigenvalue weighted by Gasteiger charge is 1.97. The molecular formula is C9H11N. The van der Waals surface area contributed by atoms with Gasteiger partial charge in [-0.1, -0.05) is 18.2 Å². The van der Waals surface area contributed by atoms with E-state index in [1.165, 1.54) is 5.57 Å². The summed E-state index contributed by atoms with van der Waals surface area (Å²) in [4.78, 5) is 3.67. The average molecular weight is 133 g/mol. The summed E-state index contributed by atoms with van der Waals surface area (Å²) in [5.41, 5.74) is 2.53. The minimum atomic E-state index is 1.10. The fourth-order valence-electron chi connectivity index (χ4n) is 0.835. The topological polar surface area (TPSA) is 12.4 Å². The van der Waals surface area contributed by atoms with Gasteiger partial charge in [0.1, 0.15) is 0 Å². The summed E-state index contributed by atoms with van der Waals surface area (Å²) in [7, 11) is 0. The fraction of sp³-hybridized carbons (Fsp3) is 0.222. The van der Waals surface area contributed by atoms with E-state index in [4.69, 9.17) is 0 Å². The summed E-state index contributed by atoms with van der Waals surface area (Å²) in [5.74, 6) is 0. The zero-order valence-corrected chi connectivity index (χ0v) is 6.17. The molecule has 1 aliphatic carbocycles. The SMILES string of the molecule is C=N/C=C(C)\C=C1\C=CC1. The second-order valence-electron chi connectivity index (χ2n) is 2.38. The lowest BCUT2D eigenvalue weighted by molar-refractivity contribution is 1.18. The van der Waals surface area contributed by atoms with Crippen LogP contribution in [0.15, 0.2) is 40.6 Å². The molecule has 1 heteroatoms. The van der Waals surface area contributed by atoms with E-state index in [-0.39, 0.29) is 0 Å². The zero-order chi connectivity index (χ0) is 7.40. The van der Waals surface area contributed by atoms with Crippen LogP contribution in [0.2, 0.25) is 0 Å². The van der Waals surface area contributed by atoms with Crippen LogP contribution in [-0.2, 0) is 0 Å². The van der Waals surface area contributed by atoms with Crippen molar-refractivity contribution in [1.29, 1.82) is 0 Å². The molecule has 1 rings (SSSR count). The third-order valence-electron chi connectivity index (χ3n) is 1.39. The van der Waals surface area contributed by atoms with Crippen LogP contribution in [-0.4, -0.2) is 6.72 Å². The molecule has 0 fully saturated rings. The van der Waals surface area contributed by atoms with Crippen LogP contribution in [0.25, 0.3) is 0 Å². The predicted octanol–water partition coefficient (Wildman–Crippen LogP) is 2.48. The smallest absolute Gasteiger partial charge is 0.0289 e. The average Bonchev–Trinajstić information content (AvgIpc) is 1.80. The first-order chi connectivity index (χ1) is 4.83. The molecule has 0 saturated heterocycles. The normalized spacial score (nSPS) is 20.9. The number of nitrogens with zero attached hydrogens (tertiary/aromatic N) is 1. The van der Waals surface area contributed by atoms with Crippen molar-refractivity contribution in [1.82, 2.24) is 0 Å². The van der Waals surface area contributed by atoms with E-state index < -0.39 is 0 Å². The quantitative estimate of drug-likeness (QED) is 0.513. The van der Waals surface area contributed by atoms with Crippen molar-refractivity contribution in [2.24, 2.45) is 4.99 Å². The van der Waals surface area contributed by atoms with Crippen molar-refractivity contribution in [3.63, 3.8) is 0 Å². The largest absolute Gasteiger partial charge is 0.272 e. The van der Waals surface area contributed by atoms with Crippen molar-refractivity contribution in [3.8, 4) is 0 Å². The van der Waals surface area contributed by atoms with Gasteiger partial charge in [-0.05, 0) is 31.2 Å². The summed E-state index contributed by atoms with van der Waals surface area (Å²) in [6, 6.07) is 0. The Balaban J connectivity index is 2.59. The molecular weight excluding hydrogens is 122 g/mol. The van der Waals surface area contributed by atoms with Gasteiger partial charge in [0.05, 0.1) is 0 Å². The van der Waals surface area contributed by atoms with Crippen LogP contribution in [0.3, 0.4) is 0 Å². The molecule has 0 spiro atoms. The van der Waals surface area contributed by atoms with E-state index in [0.29, 0.717) is 0 Å². The van der Waals surface area contributed by atoms with E-state index in [1.54, 1.807) is 6.20 Å². The van der Waals surface area contributed by atoms with Crippen LogP contribution in [0.4, 0.5) is 0 Å². The molecule has 10 heavy (non-hydrogen) atoms. The Kier molecular flexibility index (Phi) is 2.21. The lowest BCUT2D eigenvalue weighted by atomic mass is 10.0. The standard InChI is InChI=1S/C9H11N/c1-8(7-10-2)6-9-4-3-5-9/h3-4,6-7H,2,5H2,1H3/b8-7-,9-6-. The highest BCUT2D eigenvalue weighted by molar-refractivity contribution is 5.37. The highest BCUT2D eigenvalue weighted by atomic mass is 14.6. The molecule has 0 radical (unpaired) electrons. The van der Waals surface area contributed by atoms with Crippen molar-refractivity contribution < 1.29 is 0 Å². The summed E-state index contributed by atoms with van der Waals surface area (Å²) < 4.78 is 0. The molecule has 0 unspecified atom stereocenters. The van der Waals surface area contributed by atoms with E-state index >= 15 is 0 Å². The Hall–Kier alpha value is -1.11. The first-order valence-corrected chi connectivity index (χ1v) is 3.32. The summed E-state index contributed by atoms with van der Waals surface area (Å²) >= 11 is 0. The van der Waals surface area contributed by atoms with Gasteiger partial charge in [-0.2, -0.15) is 0 Å². The number of aliphatic imine (C=N–C) groups is 1. The van der Waals surface area contributed by atoms with Crippen LogP contribution < -0.4 is 0 Å². The van der Waals surface area contributed by atoms with Gasteiger partial charge >= 0.3 is 0 Å². The second kappa shape index (κ2) is 3.16. The molecule has 0 aliphatic heterocycles. The third kappa shape index (κ3) is 1.69. The Morgan fingerprint density at radius 2 is 2.50 bits per heavy atom. The maximum atomic E-state index is 3.67. The molecule has 0 bridgehead atoms. The van der Waals surface area contributed by atoms with Crippen molar-refractivity contribution >= 4 is 6.72 Å². The minimum Gasteiger partial charge on any atom is -0.272 e. The molecule has 0 atom stereocenters. The first-order valence-electron chi connectivity index (χ1n) is 3.32. The maximum absolute atomic E-state index is 3.67. The van der Waals surface area contributed by atoms with Crippen LogP contribution >= 0.6 is 0 Å². The van der Waals surface area contributed by atoms with Crippen molar-refractivity contribution in [3.05, 3.63) is 35.6 Å². The van der Waals surface area contributed by atoms with Gasteiger partial charge in [0, 0.05) is 6.20 Å². The zero-order valence-electron chi connectivity index (χ0n) is 6.17. The number of hydrogen-bond acceptors (Lipinski definition) is 1. The lowest BCUT2D eigenvalue weighted by Crippen LogP contribution is -1.85.